The number of rotatable bonds is 4. The molecule has 2 nitrogen and oxygen atoms in total. The molecule has 0 amide bonds. The molecule has 0 N–H and O–H groups in total. The van der Waals surface area contributed by atoms with Gasteiger partial charge in [-0.3, -0.25) is 0 Å². The summed E-state index contributed by atoms with van der Waals surface area (Å²) < 4.78 is 0. The highest BCUT2D eigenvalue weighted by atomic mass is 15.2. The number of piperidine rings is 2. The van der Waals surface area contributed by atoms with E-state index in [1.807, 2.05) is 0 Å². The second-order valence-corrected chi connectivity index (χ2v) is 8.30. The van der Waals surface area contributed by atoms with E-state index in [4.69, 9.17) is 0 Å². The molecule has 0 spiro atoms. The van der Waals surface area contributed by atoms with Crippen molar-refractivity contribution in [2.75, 3.05) is 32.7 Å². The lowest BCUT2D eigenvalue weighted by molar-refractivity contribution is 0.0451. The van der Waals surface area contributed by atoms with Crippen LogP contribution >= 0.6 is 0 Å². The minimum atomic E-state index is 0.566. The van der Waals surface area contributed by atoms with Gasteiger partial charge in [0.15, 0.2) is 0 Å². The van der Waals surface area contributed by atoms with Crippen LogP contribution in [0.2, 0.25) is 0 Å². The first-order valence-electron chi connectivity index (χ1n) is 8.86. The monoisotopic (exact) mass is 280 g/mol. The lowest BCUT2D eigenvalue weighted by atomic mass is 9.78. The molecule has 0 unspecified atom stereocenters. The summed E-state index contributed by atoms with van der Waals surface area (Å²) in [4.78, 5) is 5.40. The predicted octanol–water partition coefficient (Wildman–Crippen LogP) is 3.86. The lowest BCUT2D eigenvalue weighted by Crippen LogP contribution is -2.48. The number of hydrogen-bond donors (Lipinski definition) is 0. The highest BCUT2D eigenvalue weighted by molar-refractivity contribution is 4.87. The van der Waals surface area contributed by atoms with Crippen LogP contribution in [0.5, 0.6) is 0 Å². The van der Waals surface area contributed by atoms with Gasteiger partial charge < -0.3 is 9.80 Å². The van der Waals surface area contributed by atoms with Crippen LogP contribution in [0.15, 0.2) is 0 Å². The molecule has 0 aromatic heterocycles. The van der Waals surface area contributed by atoms with Crippen LogP contribution in [-0.2, 0) is 0 Å². The molecule has 0 atom stereocenters. The molecule has 2 aliphatic heterocycles. The van der Waals surface area contributed by atoms with Gasteiger partial charge in [0.05, 0.1) is 0 Å². The summed E-state index contributed by atoms with van der Waals surface area (Å²) in [6.45, 7) is 18.6. The standard InChI is InChI=1S/C18H36N2/c1-15(2)17-6-10-19(11-7-17)14-18(5)8-12-20(13-9-18)16(3)4/h15-17H,6-14H2,1-5H3. The van der Waals surface area contributed by atoms with Crippen LogP contribution in [0.25, 0.3) is 0 Å². The fourth-order valence-electron chi connectivity index (χ4n) is 4.06. The molecule has 20 heavy (non-hydrogen) atoms. The third kappa shape index (κ3) is 4.21. The van der Waals surface area contributed by atoms with E-state index in [0.29, 0.717) is 5.41 Å². The summed E-state index contributed by atoms with van der Waals surface area (Å²) >= 11 is 0. The van der Waals surface area contributed by atoms with Crippen LogP contribution in [0.1, 0.15) is 60.3 Å². The molecule has 2 heteroatoms. The van der Waals surface area contributed by atoms with Crippen molar-refractivity contribution in [2.45, 2.75) is 66.3 Å². The molecule has 0 aromatic carbocycles. The highest BCUT2D eigenvalue weighted by Gasteiger charge is 2.33. The average Bonchev–Trinajstić information content (AvgIpc) is 2.39. The van der Waals surface area contributed by atoms with Crippen molar-refractivity contribution in [3.05, 3.63) is 0 Å². The van der Waals surface area contributed by atoms with Crippen molar-refractivity contribution < 1.29 is 0 Å². The molecule has 2 fully saturated rings. The molecule has 118 valence electrons. The average molecular weight is 281 g/mol. The van der Waals surface area contributed by atoms with Crippen molar-refractivity contribution in [2.24, 2.45) is 17.3 Å². The Morgan fingerprint density at radius 3 is 1.95 bits per heavy atom. The van der Waals surface area contributed by atoms with Gasteiger partial charge in [0.2, 0.25) is 0 Å². The van der Waals surface area contributed by atoms with Crippen molar-refractivity contribution in [1.82, 2.24) is 9.80 Å². The molecule has 2 rings (SSSR count). The predicted molar refractivity (Wildman–Crippen MR) is 88.1 cm³/mol. The quantitative estimate of drug-likeness (QED) is 0.771. The van der Waals surface area contributed by atoms with Crippen molar-refractivity contribution in [3.8, 4) is 0 Å². The molecule has 0 bridgehead atoms. The summed E-state index contributed by atoms with van der Waals surface area (Å²) in [5.41, 5.74) is 0.566. The van der Waals surface area contributed by atoms with Gasteiger partial charge in [0.25, 0.3) is 0 Å². The van der Waals surface area contributed by atoms with E-state index < -0.39 is 0 Å². The van der Waals surface area contributed by atoms with E-state index in [2.05, 4.69) is 44.4 Å². The Bertz CT molecular complexity index is 282. The summed E-state index contributed by atoms with van der Waals surface area (Å²) in [7, 11) is 0. The Hall–Kier alpha value is -0.0800. The van der Waals surface area contributed by atoms with Crippen LogP contribution in [0.3, 0.4) is 0 Å². The summed E-state index contributed by atoms with van der Waals surface area (Å²) in [5.74, 6) is 1.85. The maximum absolute atomic E-state index is 2.75. The Labute approximate surface area is 126 Å². The van der Waals surface area contributed by atoms with E-state index in [9.17, 15) is 0 Å². The van der Waals surface area contributed by atoms with E-state index in [0.717, 1.165) is 17.9 Å². The van der Waals surface area contributed by atoms with E-state index in [1.165, 1.54) is 58.4 Å². The van der Waals surface area contributed by atoms with Crippen molar-refractivity contribution >= 4 is 0 Å². The summed E-state index contributed by atoms with van der Waals surface area (Å²) in [6, 6.07) is 0.723. The van der Waals surface area contributed by atoms with Gasteiger partial charge in [-0.05, 0) is 83.0 Å². The van der Waals surface area contributed by atoms with Crippen LogP contribution in [0.4, 0.5) is 0 Å². The molecular formula is C18H36N2. The first-order chi connectivity index (χ1) is 9.39. The van der Waals surface area contributed by atoms with Gasteiger partial charge in [-0.25, -0.2) is 0 Å². The largest absolute Gasteiger partial charge is 0.303 e. The van der Waals surface area contributed by atoms with E-state index in [1.54, 1.807) is 0 Å². The zero-order chi connectivity index (χ0) is 14.8. The van der Waals surface area contributed by atoms with Gasteiger partial charge in [-0.1, -0.05) is 20.8 Å². The van der Waals surface area contributed by atoms with Crippen LogP contribution in [-0.4, -0.2) is 48.6 Å². The minimum absolute atomic E-state index is 0.566. The SMILES string of the molecule is CC(C)C1CCN(CC2(C)CCN(C(C)C)CC2)CC1. The third-order valence-corrected chi connectivity index (χ3v) is 5.92. The second-order valence-electron chi connectivity index (χ2n) is 8.30. The van der Waals surface area contributed by atoms with Crippen molar-refractivity contribution in [3.63, 3.8) is 0 Å². The molecule has 0 aliphatic carbocycles. The zero-order valence-corrected chi connectivity index (χ0v) is 14.5. The normalized spacial score (nSPS) is 26.6. The van der Waals surface area contributed by atoms with Crippen LogP contribution < -0.4 is 0 Å². The molecule has 2 saturated heterocycles. The minimum Gasteiger partial charge on any atom is -0.303 e. The topological polar surface area (TPSA) is 6.48 Å². The molecule has 2 aliphatic rings. The zero-order valence-electron chi connectivity index (χ0n) is 14.5. The molecule has 0 aromatic rings. The molecule has 2 heterocycles. The number of hydrogen-bond acceptors (Lipinski definition) is 2. The second kappa shape index (κ2) is 6.79. The Balaban J connectivity index is 1.77. The first-order valence-corrected chi connectivity index (χ1v) is 8.86. The third-order valence-electron chi connectivity index (χ3n) is 5.92. The smallest absolute Gasteiger partial charge is 0.00385 e. The first kappa shape index (κ1) is 16.3. The fraction of sp³-hybridized carbons (Fsp3) is 1.00. The number of likely N-dealkylation sites (tertiary alicyclic amines) is 2. The van der Waals surface area contributed by atoms with Gasteiger partial charge in [-0.2, -0.15) is 0 Å². The van der Waals surface area contributed by atoms with Gasteiger partial charge in [0.1, 0.15) is 0 Å². The van der Waals surface area contributed by atoms with E-state index >= 15 is 0 Å². The molecule has 0 saturated carbocycles. The van der Waals surface area contributed by atoms with Crippen molar-refractivity contribution in [1.29, 1.82) is 0 Å². The Morgan fingerprint density at radius 1 is 0.950 bits per heavy atom. The van der Waals surface area contributed by atoms with Gasteiger partial charge in [-0.15, -0.1) is 0 Å². The maximum Gasteiger partial charge on any atom is 0.00385 e. The summed E-state index contributed by atoms with van der Waals surface area (Å²) in [6.07, 6.45) is 5.61. The Kier molecular flexibility index (Phi) is 5.53. The maximum atomic E-state index is 2.75. The highest BCUT2D eigenvalue weighted by Crippen LogP contribution is 2.34. The van der Waals surface area contributed by atoms with Gasteiger partial charge >= 0.3 is 0 Å². The summed E-state index contributed by atoms with van der Waals surface area (Å²) in [5, 5.41) is 0. The van der Waals surface area contributed by atoms with Gasteiger partial charge in [0, 0.05) is 12.6 Å². The fourth-order valence-corrected chi connectivity index (χ4v) is 4.06. The van der Waals surface area contributed by atoms with E-state index in [-0.39, 0.29) is 0 Å². The number of nitrogens with zero attached hydrogens (tertiary/aromatic N) is 2. The Morgan fingerprint density at radius 2 is 1.50 bits per heavy atom. The lowest BCUT2D eigenvalue weighted by Gasteiger charge is -2.45. The molecular weight excluding hydrogens is 244 g/mol. The molecule has 0 radical (unpaired) electrons. The van der Waals surface area contributed by atoms with Crippen LogP contribution in [0, 0.1) is 17.3 Å².